The van der Waals surface area contributed by atoms with Gasteiger partial charge >= 0.3 is 4.87 Å². The molecule has 1 saturated carbocycles. The van der Waals surface area contributed by atoms with Crippen LogP contribution in [-0.2, 0) is 6.54 Å². The molecule has 2 atom stereocenters. The van der Waals surface area contributed by atoms with E-state index in [0.717, 1.165) is 25.0 Å². The standard InChI is InChI=1S/C10H16N2O2S/c13-9-4-2-1-3-8(9)11-5-7-6-15-10(14)12-7/h6,8-9,11,13H,1-5H2,(H,12,14)/t8-,9-/m1/s1. The minimum Gasteiger partial charge on any atom is -0.392 e. The van der Waals surface area contributed by atoms with Crippen LogP contribution in [-0.4, -0.2) is 22.2 Å². The fourth-order valence-corrected chi connectivity index (χ4v) is 2.57. The van der Waals surface area contributed by atoms with Gasteiger partial charge in [0.2, 0.25) is 0 Å². The van der Waals surface area contributed by atoms with Crippen molar-refractivity contribution in [3.63, 3.8) is 0 Å². The molecule has 0 radical (unpaired) electrons. The monoisotopic (exact) mass is 228 g/mol. The largest absolute Gasteiger partial charge is 0.392 e. The van der Waals surface area contributed by atoms with Crippen molar-refractivity contribution < 1.29 is 5.11 Å². The van der Waals surface area contributed by atoms with Gasteiger partial charge in [-0.25, -0.2) is 0 Å². The van der Waals surface area contributed by atoms with Crippen LogP contribution in [0.5, 0.6) is 0 Å². The third-order valence-electron chi connectivity index (χ3n) is 2.86. The number of hydrogen-bond donors (Lipinski definition) is 3. The molecule has 1 aliphatic rings. The summed E-state index contributed by atoms with van der Waals surface area (Å²) in [5, 5.41) is 14.8. The van der Waals surface area contributed by atoms with E-state index in [1.807, 2.05) is 5.38 Å². The van der Waals surface area contributed by atoms with E-state index in [2.05, 4.69) is 10.3 Å². The van der Waals surface area contributed by atoms with Gasteiger partial charge in [0.15, 0.2) is 0 Å². The third kappa shape index (κ3) is 2.90. The van der Waals surface area contributed by atoms with Crippen LogP contribution in [0.15, 0.2) is 10.2 Å². The van der Waals surface area contributed by atoms with Crippen LogP contribution in [0.1, 0.15) is 31.4 Å². The molecule has 3 N–H and O–H groups in total. The molecule has 1 aliphatic carbocycles. The SMILES string of the molecule is O=c1[nH]c(CN[C@@H]2CCCC[C@H]2O)cs1. The molecule has 1 heterocycles. The third-order valence-corrected chi connectivity index (χ3v) is 3.57. The molecule has 84 valence electrons. The second-order valence-electron chi connectivity index (χ2n) is 4.01. The molecular formula is C10H16N2O2S. The Labute approximate surface area is 92.3 Å². The number of aromatic amines is 1. The van der Waals surface area contributed by atoms with Crippen LogP contribution in [0.2, 0.25) is 0 Å². The second kappa shape index (κ2) is 4.92. The summed E-state index contributed by atoms with van der Waals surface area (Å²) in [5.74, 6) is 0. The highest BCUT2D eigenvalue weighted by molar-refractivity contribution is 7.07. The minimum atomic E-state index is -0.232. The normalized spacial score (nSPS) is 26.7. The molecule has 15 heavy (non-hydrogen) atoms. The van der Waals surface area contributed by atoms with E-state index < -0.39 is 0 Å². The molecule has 0 saturated heterocycles. The maximum absolute atomic E-state index is 10.9. The Morgan fingerprint density at radius 1 is 1.53 bits per heavy atom. The predicted octanol–water partition coefficient (Wildman–Crippen LogP) is 0.829. The fraction of sp³-hybridized carbons (Fsp3) is 0.700. The number of H-pyrrole nitrogens is 1. The summed E-state index contributed by atoms with van der Waals surface area (Å²) >= 11 is 1.18. The first-order valence-corrected chi connectivity index (χ1v) is 6.22. The van der Waals surface area contributed by atoms with Gasteiger partial charge in [0.05, 0.1) is 6.10 Å². The van der Waals surface area contributed by atoms with Gasteiger partial charge in [0.1, 0.15) is 0 Å². The van der Waals surface area contributed by atoms with Crippen LogP contribution >= 0.6 is 11.3 Å². The van der Waals surface area contributed by atoms with Gasteiger partial charge in [0.25, 0.3) is 0 Å². The first-order chi connectivity index (χ1) is 7.25. The lowest BCUT2D eigenvalue weighted by molar-refractivity contribution is 0.0901. The second-order valence-corrected chi connectivity index (χ2v) is 4.85. The van der Waals surface area contributed by atoms with Crippen molar-refractivity contribution in [3.05, 3.63) is 20.7 Å². The molecule has 1 aromatic heterocycles. The average Bonchev–Trinajstić information content (AvgIpc) is 2.63. The Morgan fingerprint density at radius 3 is 3.00 bits per heavy atom. The summed E-state index contributed by atoms with van der Waals surface area (Å²) in [6.45, 7) is 0.639. The molecule has 4 nitrogen and oxygen atoms in total. The number of aliphatic hydroxyl groups is 1. The van der Waals surface area contributed by atoms with Gasteiger partial charge in [-0.1, -0.05) is 24.2 Å². The molecule has 0 spiro atoms. The molecule has 1 fully saturated rings. The van der Waals surface area contributed by atoms with E-state index in [1.54, 1.807) is 0 Å². The van der Waals surface area contributed by atoms with Crippen molar-refractivity contribution in [2.75, 3.05) is 0 Å². The van der Waals surface area contributed by atoms with Gasteiger partial charge < -0.3 is 15.4 Å². The molecule has 0 aliphatic heterocycles. The van der Waals surface area contributed by atoms with Gasteiger partial charge in [-0.2, -0.15) is 0 Å². The van der Waals surface area contributed by atoms with E-state index in [9.17, 15) is 9.90 Å². The first kappa shape index (κ1) is 10.9. The van der Waals surface area contributed by atoms with E-state index >= 15 is 0 Å². The molecule has 2 rings (SSSR count). The summed E-state index contributed by atoms with van der Waals surface area (Å²) in [7, 11) is 0. The summed E-state index contributed by atoms with van der Waals surface area (Å²) in [6, 6.07) is 0.183. The zero-order chi connectivity index (χ0) is 10.7. The van der Waals surface area contributed by atoms with Crippen LogP contribution in [0.25, 0.3) is 0 Å². The molecular weight excluding hydrogens is 212 g/mol. The predicted molar refractivity (Wildman–Crippen MR) is 60.0 cm³/mol. The lowest BCUT2D eigenvalue weighted by Gasteiger charge is -2.28. The molecule has 1 aromatic rings. The quantitative estimate of drug-likeness (QED) is 0.718. The van der Waals surface area contributed by atoms with Gasteiger partial charge in [-0.15, -0.1) is 0 Å². The number of nitrogens with one attached hydrogen (secondary N) is 2. The fourth-order valence-electron chi connectivity index (χ4n) is 1.99. The van der Waals surface area contributed by atoms with E-state index in [1.165, 1.54) is 17.8 Å². The van der Waals surface area contributed by atoms with E-state index in [-0.39, 0.29) is 17.0 Å². The van der Waals surface area contributed by atoms with Crippen molar-refractivity contribution in [2.24, 2.45) is 0 Å². The van der Waals surface area contributed by atoms with Gasteiger partial charge in [0, 0.05) is 23.7 Å². The highest BCUT2D eigenvalue weighted by Gasteiger charge is 2.22. The number of rotatable bonds is 3. The smallest absolute Gasteiger partial charge is 0.304 e. The van der Waals surface area contributed by atoms with Gasteiger partial charge in [-0.3, -0.25) is 4.79 Å². The Morgan fingerprint density at radius 2 is 2.33 bits per heavy atom. The summed E-state index contributed by atoms with van der Waals surface area (Å²) in [5.41, 5.74) is 0.905. The highest BCUT2D eigenvalue weighted by Crippen LogP contribution is 2.18. The lowest BCUT2D eigenvalue weighted by Crippen LogP contribution is -2.41. The van der Waals surface area contributed by atoms with E-state index in [0.29, 0.717) is 6.54 Å². The van der Waals surface area contributed by atoms with Crippen LogP contribution in [0, 0.1) is 0 Å². The molecule has 0 amide bonds. The highest BCUT2D eigenvalue weighted by atomic mass is 32.1. The minimum absolute atomic E-state index is 0.0176. The Kier molecular flexibility index (Phi) is 3.56. The summed E-state index contributed by atoms with van der Waals surface area (Å²) < 4.78 is 0. The van der Waals surface area contributed by atoms with E-state index in [4.69, 9.17) is 0 Å². The number of aliphatic hydroxyl groups excluding tert-OH is 1. The Hall–Kier alpha value is -0.650. The topological polar surface area (TPSA) is 65.1 Å². The van der Waals surface area contributed by atoms with Crippen molar-refractivity contribution >= 4 is 11.3 Å². The lowest BCUT2D eigenvalue weighted by atomic mass is 9.92. The van der Waals surface area contributed by atoms with Crippen LogP contribution in [0.4, 0.5) is 0 Å². The average molecular weight is 228 g/mol. The number of aromatic nitrogens is 1. The van der Waals surface area contributed by atoms with Crippen LogP contribution in [0.3, 0.4) is 0 Å². The first-order valence-electron chi connectivity index (χ1n) is 5.34. The molecule has 0 unspecified atom stereocenters. The Balaban J connectivity index is 1.84. The molecule has 0 bridgehead atoms. The van der Waals surface area contributed by atoms with Gasteiger partial charge in [-0.05, 0) is 12.8 Å². The van der Waals surface area contributed by atoms with Crippen molar-refractivity contribution in [1.82, 2.24) is 10.3 Å². The summed E-state index contributed by atoms with van der Waals surface area (Å²) in [6.07, 6.45) is 3.97. The van der Waals surface area contributed by atoms with Crippen molar-refractivity contribution in [3.8, 4) is 0 Å². The maximum atomic E-state index is 10.9. The molecule has 0 aromatic carbocycles. The zero-order valence-electron chi connectivity index (χ0n) is 8.53. The molecule has 5 heteroatoms. The zero-order valence-corrected chi connectivity index (χ0v) is 9.35. The van der Waals surface area contributed by atoms with Crippen molar-refractivity contribution in [1.29, 1.82) is 0 Å². The maximum Gasteiger partial charge on any atom is 0.304 e. The number of thiazole rings is 1. The number of hydrogen-bond acceptors (Lipinski definition) is 4. The summed E-state index contributed by atoms with van der Waals surface area (Å²) in [4.78, 5) is 13.6. The Bertz CT molecular complexity index is 360. The van der Waals surface area contributed by atoms with Crippen molar-refractivity contribution in [2.45, 2.75) is 44.4 Å². The van der Waals surface area contributed by atoms with Crippen LogP contribution < -0.4 is 10.2 Å².